The van der Waals surface area contributed by atoms with E-state index in [1.807, 2.05) is 39.0 Å². The Balaban J connectivity index is 1.86. The van der Waals surface area contributed by atoms with Crippen molar-refractivity contribution in [2.75, 3.05) is 6.61 Å². The molecule has 0 aromatic heterocycles. The summed E-state index contributed by atoms with van der Waals surface area (Å²) in [5, 5.41) is 6.29. The highest BCUT2D eigenvalue weighted by molar-refractivity contribution is 7.80. The fourth-order valence-electron chi connectivity index (χ4n) is 2.35. The van der Waals surface area contributed by atoms with Crippen LogP contribution >= 0.6 is 23.8 Å². The van der Waals surface area contributed by atoms with Crippen LogP contribution in [0.5, 0.6) is 5.75 Å². The van der Waals surface area contributed by atoms with Crippen LogP contribution in [0.25, 0.3) is 0 Å². The minimum atomic E-state index is -0.342. The molecular weight excluding hydrogens is 356 g/mol. The molecule has 0 aliphatic carbocycles. The van der Waals surface area contributed by atoms with Gasteiger partial charge in [-0.1, -0.05) is 41.9 Å². The highest BCUT2D eigenvalue weighted by atomic mass is 35.5. The van der Waals surface area contributed by atoms with Gasteiger partial charge in [-0.2, -0.15) is 0 Å². The zero-order valence-electron chi connectivity index (χ0n) is 14.4. The highest BCUT2D eigenvalue weighted by Crippen LogP contribution is 2.22. The molecule has 4 nitrogen and oxygen atoms in total. The summed E-state index contributed by atoms with van der Waals surface area (Å²) in [7, 11) is 0. The maximum atomic E-state index is 12.2. The summed E-state index contributed by atoms with van der Waals surface area (Å²) in [6.45, 7) is 6.37. The average molecular weight is 377 g/mol. The van der Waals surface area contributed by atoms with Crippen LogP contribution in [0.2, 0.25) is 5.02 Å². The zero-order chi connectivity index (χ0) is 18.4. The molecule has 132 valence electrons. The number of aryl methyl sites for hydroxylation is 2. The number of rotatable bonds is 5. The average Bonchev–Trinajstić information content (AvgIpc) is 2.54. The van der Waals surface area contributed by atoms with Crippen LogP contribution in [0.4, 0.5) is 0 Å². The number of hydrogen-bond acceptors (Lipinski definition) is 3. The normalized spacial score (nSPS) is 11.5. The molecule has 0 heterocycles. The van der Waals surface area contributed by atoms with Gasteiger partial charge in [-0.3, -0.25) is 10.1 Å². The summed E-state index contributed by atoms with van der Waals surface area (Å²) in [5.74, 6) is 0.535. The number of hydrogen-bond donors (Lipinski definition) is 2. The standard InChI is InChI=1S/C19H21ClN2O2S/c1-12-7-6-8-13(2)17(12)24-11-14(3)21-19(25)22-18(23)15-9-4-5-10-16(15)20/h4-10,14H,11H2,1-3H3,(H2,21,22,23,25). The molecule has 0 fully saturated rings. The topological polar surface area (TPSA) is 50.4 Å². The molecule has 2 N–H and O–H groups in total. The van der Waals surface area contributed by atoms with E-state index in [0.717, 1.165) is 16.9 Å². The lowest BCUT2D eigenvalue weighted by molar-refractivity contribution is 0.0976. The second-order valence-corrected chi connectivity index (χ2v) is 6.66. The van der Waals surface area contributed by atoms with Crippen LogP contribution in [0.3, 0.4) is 0 Å². The Morgan fingerprint density at radius 3 is 2.44 bits per heavy atom. The van der Waals surface area contributed by atoms with Gasteiger partial charge in [-0.25, -0.2) is 0 Å². The van der Waals surface area contributed by atoms with Crippen molar-refractivity contribution in [2.45, 2.75) is 26.8 Å². The van der Waals surface area contributed by atoms with Crippen molar-refractivity contribution in [1.29, 1.82) is 0 Å². The third-order valence-electron chi connectivity index (χ3n) is 3.61. The van der Waals surface area contributed by atoms with E-state index in [9.17, 15) is 4.79 Å². The number of thiocarbonyl (C=S) groups is 1. The molecular formula is C19H21ClN2O2S. The van der Waals surface area contributed by atoms with E-state index in [1.165, 1.54) is 0 Å². The van der Waals surface area contributed by atoms with Crippen molar-refractivity contribution >= 4 is 34.8 Å². The molecule has 0 spiro atoms. The summed E-state index contributed by atoms with van der Waals surface area (Å²) in [4.78, 5) is 12.2. The fourth-order valence-corrected chi connectivity index (χ4v) is 2.87. The smallest absolute Gasteiger partial charge is 0.258 e. The molecule has 2 aromatic rings. The number of nitrogens with one attached hydrogen (secondary N) is 2. The van der Waals surface area contributed by atoms with Crippen LogP contribution in [-0.4, -0.2) is 23.7 Å². The molecule has 25 heavy (non-hydrogen) atoms. The van der Waals surface area contributed by atoms with E-state index in [4.69, 9.17) is 28.6 Å². The molecule has 0 bridgehead atoms. The van der Waals surface area contributed by atoms with Gasteiger partial charge >= 0.3 is 0 Å². The first-order valence-electron chi connectivity index (χ1n) is 7.94. The Morgan fingerprint density at radius 2 is 1.80 bits per heavy atom. The maximum Gasteiger partial charge on any atom is 0.258 e. The minimum absolute atomic E-state index is 0.0712. The van der Waals surface area contributed by atoms with Crippen molar-refractivity contribution in [3.05, 3.63) is 64.2 Å². The summed E-state index contributed by atoms with van der Waals surface area (Å²) in [6, 6.07) is 12.8. The molecule has 2 rings (SSSR count). The van der Waals surface area contributed by atoms with E-state index in [1.54, 1.807) is 24.3 Å². The summed E-state index contributed by atoms with van der Waals surface area (Å²) in [5.41, 5.74) is 2.55. The Labute approximate surface area is 158 Å². The van der Waals surface area contributed by atoms with Gasteiger partial charge in [0.15, 0.2) is 5.11 Å². The number of ether oxygens (including phenoxy) is 1. The van der Waals surface area contributed by atoms with Crippen molar-refractivity contribution in [1.82, 2.24) is 10.6 Å². The van der Waals surface area contributed by atoms with E-state index in [0.29, 0.717) is 17.2 Å². The lowest BCUT2D eigenvalue weighted by atomic mass is 10.1. The fraction of sp³-hybridized carbons (Fsp3) is 0.263. The van der Waals surface area contributed by atoms with Crippen molar-refractivity contribution < 1.29 is 9.53 Å². The molecule has 0 aliphatic rings. The highest BCUT2D eigenvalue weighted by Gasteiger charge is 2.13. The molecule has 0 aliphatic heterocycles. The molecule has 2 aromatic carbocycles. The molecule has 1 atom stereocenters. The SMILES string of the molecule is Cc1cccc(C)c1OCC(C)NC(=S)NC(=O)c1ccccc1Cl. The van der Waals surface area contributed by atoms with Crippen LogP contribution < -0.4 is 15.4 Å². The summed E-state index contributed by atoms with van der Waals surface area (Å²) >= 11 is 11.2. The Kier molecular flexibility index (Phi) is 6.79. The van der Waals surface area contributed by atoms with Gasteiger partial charge < -0.3 is 10.1 Å². The second kappa shape index (κ2) is 8.83. The van der Waals surface area contributed by atoms with Gasteiger partial charge in [0.05, 0.1) is 16.6 Å². The molecule has 0 saturated heterocycles. The largest absolute Gasteiger partial charge is 0.491 e. The van der Waals surface area contributed by atoms with Gasteiger partial charge in [0, 0.05) is 0 Å². The van der Waals surface area contributed by atoms with Gasteiger partial charge in [0.2, 0.25) is 0 Å². The third kappa shape index (κ3) is 5.44. The molecule has 0 radical (unpaired) electrons. The summed E-state index contributed by atoms with van der Waals surface area (Å²) in [6.07, 6.45) is 0. The Morgan fingerprint density at radius 1 is 1.16 bits per heavy atom. The quantitative estimate of drug-likeness (QED) is 0.773. The zero-order valence-corrected chi connectivity index (χ0v) is 16.0. The van der Waals surface area contributed by atoms with Crippen LogP contribution in [0.1, 0.15) is 28.4 Å². The van der Waals surface area contributed by atoms with Gasteiger partial charge in [-0.15, -0.1) is 0 Å². The Bertz CT molecular complexity index is 760. The van der Waals surface area contributed by atoms with Crippen LogP contribution in [-0.2, 0) is 0 Å². The lowest BCUT2D eigenvalue weighted by Gasteiger charge is -2.19. The monoisotopic (exact) mass is 376 g/mol. The number of para-hydroxylation sites is 1. The first-order valence-corrected chi connectivity index (χ1v) is 8.72. The van der Waals surface area contributed by atoms with E-state index in [2.05, 4.69) is 10.6 Å². The van der Waals surface area contributed by atoms with Crippen molar-refractivity contribution in [2.24, 2.45) is 0 Å². The van der Waals surface area contributed by atoms with Gasteiger partial charge in [0.25, 0.3) is 5.91 Å². The van der Waals surface area contributed by atoms with Crippen molar-refractivity contribution in [3.63, 3.8) is 0 Å². The lowest BCUT2D eigenvalue weighted by Crippen LogP contribution is -2.45. The third-order valence-corrected chi connectivity index (χ3v) is 4.16. The number of carbonyl (C=O) groups is 1. The predicted molar refractivity (Wildman–Crippen MR) is 106 cm³/mol. The predicted octanol–water partition coefficient (Wildman–Crippen LogP) is 4.03. The number of amides is 1. The molecule has 1 unspecified atom stereocenters. The van der Waals surface area contributed by atoms with E-state index < -0.39 is 0 Å². The molecule has 0 saturated carbocycles. The van der Waals surface area contributed by atoms with E-state index in [-0.39, 0.29) is 17.1 Å². The molecule has 6 heteroatoms. The van der Waals surface area contributed by atoms with Crippen LogP contribution in [0, 0.1) is 13.8 Å². The number of benzene rings is 2. The molecule has 1 amide bonds. The second-order valence-electron chi connectivity index (χ2n) is 5.84. The number of carbonyl (C=O) groups excluding carboxylic acids is 1. The Hall–Kier alpha value is -2.11. The van der Waals surface area contributed by atoms with Crippen LogP contribution in [0.15, 0.2) is 42.5 Å². The van der Waals surface area contributed by atoms with Gasteiger partial charge in [0.1, 0.15) is 12.4 Å². The maximum absolute atomic E-state index is 12.2. The van der Waals surface area contributed by atoms with Crippen molar-refractivity contribution in [3.8, 4) is 5.75 Å². The number of halogens is 1. The van der Waals surface area contributed by atoms with Gasteiger partial charge in [-0.05, 0) is 56.2 Å². The first kappa shape index (κ1) is 19.2. The first-order chi connectivity index (χ1) is 11.9. The minimum Gasteiger partial charge on any atom is -0.491 e. The summed E-state index contributed by atoms with van der Waals surface area (Å²) < 4.78 is 5.88. The van der Waals surface area contributed by atoms with E-state index >= 15 is 0 Å².